The average Bonchev–Trinajstić information content (AvgIpc) is 3.00. The van der Waals surface area contributed by atoms with Gasteiger partial charge in [-0.05, 0) is 68.3 Å². The first-order chi connectivity index (χ1) is 20.6. The second-order valence-electron chi connectivity index (χ2n) is 10.4. The SMILES string of the molecule is CCNC(=O)[C@@H](Cc1ccccc1)N(Cc1ccc(Br)cc1)C(=O)CN(c1ccc(C)cc1)S(=O)(=O)c1ccc(C)cc1. The van der Waals surface area contributed by atoms with Gasteiger partial charge in [-0.25, -0.2) is 8.42 Å². The van der Waals surface area contributed by atoms with Crippen LogP contribution in [0.25, 0.3) is 0 Å². The molecule has 1 N–H and O–H groups in total. The normalized spacial score (nSPS) is 11.9. The van der Waals surface area contributed by atoms with Crippen LogP contribution in [0.15, 0.2) is 112 Å². The second kappa shape index (κ2) is 14.5. The molecule has 0 spiro atoms. The Balaban J connectivity index is 1.78. The number of anilines is 1. The molecule has 2 amide bonds. The molecule has 0 saturated heterocycles. The van der Waals surface area contributed by atoms with Crippen molar-refractivity contribution >= 4 is 43.5 Å². The van der Waals surface area contributed by atoms with Gasteiger partial charge in [0.05, 0.1) is 10.6 Å². The maximum absolute atomic E-state index is 14.4. The number of hydrogen-bond acceptors (Lipinski definition) is 4. The first-order valence-corrected chi connectivity index (χ1v) is 16.3. The van der Waals surface area contributed by atoms with Crippen LogP contribution >= 0.6 is 15.9 Å². The molecule has 0 unspecified atom stereocenters. The third-order valence-electron chi connectivity index (χ3n) is 7.10. The number of likely N-dealkylation sites (N-methyl/N-ethyl adjacent to an activating group) is 1. The van der Waals surface area contributed by atoms with Crippen molar-refractivity contribution in [3.05, 3.63) is 130 Å². The summed E-state index contributed by atoms with van der Waals surface area (Å²) in [5, 5.41) is 2.88. The molecule has 0 aliphatic rings. The molecule has 0 fully saturated rings. The van der Waals surface area contributed by atoms with Crippen LogP contribution in [-0.2, 0) is 32.6 Å². The monoisotopic (exact) mass is 661 g/mol. The van der Waals surface area contributed by atoms with Gasteiger partial charge < -0.3 is 10.2 Å². The molecule has 0 aromatic heterocycles. The molecule has 7 nitrogen and oxygen atoms in total. The maximum Gasteiger partial charge on any atom is 0.264 e. The van der Waals surface area contributed by atoms with Crippen molar-refractivity contribution in [3.8, 4) is 0 Å². The summed E-state index contributed by atoms with van der Waals surface area (Å²) in [5.74, 6) is -0.800. The number of aryl methyl sites for hydroxylation is 2. The highest BCUT2D eigenvalue weighted by Crippen LogP contribution is 2.26. The molecule has 4 aromatic carbocycles. The number of nitrogens with zero attached hydrogens (tertiary/aromatic N) is 2. The number of rotatable bonds is 12. The van der Waals surface area contributed by atoms with E-state index in [2.05, 4.69) is 21.2 Å². The van der Waals surface area contributed by atoms with Gasteiger partial charge in [0, 0.05) is 24.0 Å². The molecule has 0 heterocycles. The highest BCUT2D eigenvalue weighted by Gasteiger charge is 2.34. The Morgan fingerprint density at radius 3 is 1.95 bits per heavy atom. The first-order valence-electron chi connectivity index (χ1n) is 14.1. The van der Waals surface area contributed by atoms with Crippen molar-refractivity contribution in [3.63, 3.8) is 0 Å². The van der Waals surface area contributed by atoms with Crippen molar-refractivity contribution in [2.75, 3.05) is 17.4 Å². The van der Waals surface area contributed by atoms with E-state index in [-0.39, 0.29) is 23.8 Å². The van der Waals surface area contributed by atoms with Gasteiger partial charge >= 0.3 is 0 Å². The number of benzene rings is 4. The molecule has 43 heavy (non-hydrogen) atoms. The minimum Gasteiger partial charge on any atom is -0.355 e. The standard InChI is InChI=1S/C34H36BrN3O4S/c1-4-36-34(40)32(22-27-8-6-5-7-9-27)37(23-28-14-16-29(35)17-15-28)33(39)24-38(30-18-10-25(2)11-19-30)43(41,42)31-20-12-26(3)13-21-31/h5-21,32H,4,22-24H2,1-3H3,(H,36,40)/t32-/m1/s1. The van der Waals surface area contributed by atoms with E-state index in [9.17, 15) is 18.0 Å². The van der Waals surface area contributed by atoms with Crippen LogP contribution in [0.3, 0.4) is 0 Å². The summed E-state index contributed by atoms with van der Waals surface area (Å²) in [5.41, 5.74) is 3.93. The highest BCUT2D eigenvalue weighted by molar-refractivity contribution is 9.10. The summed E-state index contributed by atoms with van der Waals surface area (Å²) in [6.07, 6.45) is 0.268. The molecule has 224 valence electrons. The number of carbonyl (C=O) groups is 2. The fraction of sp³-hybridized carbons (Fsp3) is 0.235. The Morgan fingerprint density at radius 2 is 1.37 bits per heavy atom. The summed E-state index contributed by atoms with van der Waals surface area (Å²) < 4.78 is 30.1. The third-order valence-corrected chi connectivity index (χ3v) is 9.41. The zero-order chi connectivity index (χ0) is 31.0. The van der Waals surface area contributed by atoms with Crippen molar-refractivity contribution in [1.82, 2.24) is 10.2 Å². The van der Waals surface area contributed by atoms with Gasteiger partial charge in [-0.2, -0.15) is 0 Å². The Kier molecular flexibility index (Phi) is 10.8. The molecular formula is C34H36BrN3O4S. The van der Waals surface area contributed by atoms with Gasteiger partial charge in [0.2, 0.25) is 11.8 Å². The average molecular weight is 663 g/mol. The second-order valence-corrected chi connectivity index (χ2v) is 13.2. The Bertz CT molecular complexity index is 1630. The third kappa shape index (κ3) is 8.33. The van der Waals surface area contributed by atoms with Gasteiger partial charge in [0.15, 0.2) is 0 Å². The zero-order valence-electron chi connectivity index (χ0n) is 24.5. The molecule has 1 atom stereocenters. The molecule has 0 bridgehead atoms. The predicted molar refractivity (Wildman–Crippen MR) is 174 cm³/mol. The summed E-state index contributed by atoms with van der Waals surface area (Å²) in [4.78, 5) is 29.5. The van der Waals surface area contributed by atoms with E-state index in [0.29, 0.717) is 12.2 Å². The van der Waals surface area contributed by atoms with E-state index >= 15 is 0 Å². The lowest BCUT2D eigenvalue weighted by Crippen LogP contribution is -2.53. The Hall–Kier alpha value is -3.95. The van der Waals surface area contributed by atoms with Gasteiger partial charge in [-0.1, -0.05) is 93.8 Å². The predicted octanol–water partition coefficient (Wildman–Crippen LogP) is 6.04. The van der Waals surface area contributed by atoms with Crippen LogP contribution in [0.2, 0.25) is 0 Å². The van der Waals surface area contributed by atoms with Gasteiger partial charge in [0.1, 0.15) is 12.6 Å². The van der Waals surface area contributed by atoms with Gasteiger partial charge in [-0.3, -0.25) is 13.9 Å². The maximum atomic E-state index is 14.4. The summed E-state index contributed by atoms with van der Waals surface area (Å²) >= 11 is 3.45. The van der Waals surface area contributed by atoms with E-state index in [1.807, 2.05) is 87.5 Å². The van der Waals surface area contributed by atoms with Crippen molar-refractivity contribution in [1.29, 1.82) is 0 Å². The van der Waals surface area contributed by atoms with E-state index in [4.69, 9.17) is 0 Å². The van der Waals surface area contributed by atoms with Gasteiger partial charge in [0.25, 0.3) is 10.0 Å². The first kappa shape index (κ1) is 32.0. The molecule has 9 heteroatoms. The van der Waals surface area contributed by atoms with Crippen molar-refractivity contribution < 1.29 is 18.0 Å². The number of nitrogens with one attached hydrogen (secondary N) is 1. The lowest BCUT2D eigenvalue weighted by molar-refractivity contribution is -0.140. The van der Waals surface area contributed by atoms with Crippen LogP contribution in [-0.4, -0.2) is 44.3 Å². The number of carbonyl (C=O) groups excluding carboxylic acids is 2. The fourth-order valence-corrected chi connectivity index (χ4v) is 6.39. The molecule has 4 rings (SSSR count). The Labute approximate surface area is 262 Å². The van der Waals surface area contributed by atoms with Crippen LogP contribution in [0.1, 0.15) is 29.2 Å². The molecule has 0 saturated carbocycles. The zero-order valence-corrected chi connectivity index (χ0v) is 26.9. The fourth-order valence-electron chi connectivity index (χ4n) is 4.71. The summed E-state index contributed by atoms with van der Waals surface area (Å²) in [6, 6.07) is 29.7. The quantitative estimate of drug-likeness (QED) is 0.201. The number of sulfonamides is 1. The largest absolute Gasteiger partial charge is 0.355 e. The molecule has 0 aliphatic heterocycles. The smallest absolute Gasteiger partial charge is 0.264 e. The minimum absolute atomic E-state index is 0.0792. The van der Waals surface area contributed by atoms with Crippen molar-refractivity contribution in [2.45, 2.75) is 44.7 Å². The lowest BCUT2D eigenvalue weighted by atomic mass is 10.0. The van der Waals surface area contributed by atoms with Crippen molar-refractivity contribution in [2.24, 2.45) is 0 Å². The van der Waals surface area contributed by atoms with Crippen LogP contribution in [0, 0.1) is 13.8 Å². The molecule has 0 aliphatic carbocycles. The minimum atomic E-state index is -4.13. The van der Waals surface area contributed by atoms with Crippen LogP contribution < -0.4 is 9.62 Å². The molecule has 0 radical (unpaired) electrons. The molecule has 4 aromatic rings. The summed E-state index contributed by atoms with van der Waals surface area (Å²) in [6.45, 7) is 5.64. The van der Waals surface area contributed by atoms with E-state index in [1.165, 1.54) is 4.90 Å². The number of amides is 2. The van der Waals surface area contributed by atoms with E-state index in [0.717, 1.165) is 31.0 Å². The highest BCUT2D eigenvalue weighted by atomic mass is 79.9. The van der Waals surface area contributed by atoms with Crippen LogP contribution in [0.5, 0.6) is 0 Å². The molecular weight excluding hydrogens is 626 g/mol. The topological polar surface area (TPSA) is 86.8 Å². The van der Waals surface area contributed by atoms with Crippen LogP contribution in [0.4, 0.5) is 5.69 Å². The lowest BCUT2D eigenvalue weighted by Gasteiger charge is -2.34. The Morgan fingerprint density at radius 1 is 0.791 bits per heavy atom. The van der Waals surface area contributed by atoms with E-state index < -0.39 is 28.5 Å². The van der Waals surface area contributed by atoms with E-state index in [1.54, 1.807) is 36.4 Å². The van der Waals surface area contributed by atoms with Gasteiger partial charge in [-0.15, -0.1) is 0 Å². The number of halogens is 1. The summed E-state index contributed by atoms with van der Waals surface area (Å²) in [7, 11) is -4.13. The number of hydrogen-bond donors (Lipinski definition) is 1.